The summed E-state index contributed by atoms with van der Waals surface area (Å²) < 4.78 is 9.91. The van der Waals surface area contributed by atoms with Crippen molar-refractivity contribution in [1.82, 2.24) is 4.90 Å². The highest BCUT2D eigenvalue weighted by atomic mass is 16.6. The smallest absolute Gasteiger partial charge is 0.338 e. The van der Waals surface area contributed by atoms with Gasteiger partial charge >= 0.3 is 11.7 Å². The Hall–Kier alpha value is -4.22. The fourth-order valence-corrected chi connectivity index (χ4v) is 3.26. The molecule has 168 valence electrons. The lowest BCUT2D eigenvalue weighted by Gasteiger charge is -2.36. The quantitative estimate of drug-likeness (QED) is 0.355. The van der Waals surface area contributed by atoms with E-state index in [-0.39, 0.29) is 22.9 Å². The van der Waals surface area contributed by atoms with Gasteiger partial charge in [-0.3, -0.25) is 25.0 Å². The summed E-state index contributed by atoms with van der Waals surface area (Å²) in [5.41, 5.74) is 0.387. The Labute approximate surface area is 182 Å². The van der Waals surface area contributed by atoms with Crippen LogP contribution in [0.3, 0.4) is 0 Å². The fourth-order valence-electron chi connectivity index (χ4n) is 3.26. The summed E-state index contributed by atoms with van der Waals surface area (Å²) >= 11 is 0. The van der Waals surface area contributed by atoms with Crippen molar-refractivity contribution in [1.29, 1.82) is 0 Å². The second-order valence-corrected chi connectivity index (χ2v) is 6.86. The van der Waals surface area contributed by atoms with Gasteiger partial charge in [0.2, 0.25) is 0 Å². The molecule has 12 heteroatoms. The van der Waals surface area contributed by atoms with E-state index >= 15 is 0 Å². The molecule has 12 nitrogen and oxygen atoms in total. The van der Waals surface area contributed by atoms with Crippen molar-refractivity contribution in [2.24, 2.45) is 0 Å². The molecule has 1 heterocycles. The minimum atomic E-state index is -0.721. The number of hydrogen-bond donors (Lipinski definition) is 0. The van der Waals surface area contributed by atoms with Gasteiger partial charge in [0.25, 0.3) is 11.6 Å². The van der Waals surface area contributed by atoms with Crippen LogP contribution in [0.1, 0.15) is 10.4 Å². The molecule has 0 unspecified atom stereocenters. The highest BCUT2D eigenvalue weighted by Gasteiger charge is 2.24. The van der Waals surface area contributed by atoms with Gasteiger partial charge in [0, 0.05) is 50.1 Å². The first-order valence-electron chi connectivity index (χ1n) is 9.57. The molecule has 1 saturated heterocycles. The van der Waals surface area contributed by atoms with Crippen LogP contribution in [-0.4, -0.2) is 66.5 Å². The van der Waals surface area contributed by atoms with Gasteiger partial charge in [-0.25, -0.2) is 4.79 Å². The van der Waals surface area contributed by atoms with Gasteiger partial charge in [-0.05, 0) is 24.3 Å². The van der Waals surface area contributed by atoms with E-state index in [1.54, 1.807) is 17.0 Å². The minimum absolute atomic E-state index is 0.000225. The average Bonchev–Trinajstić information content (AvgIpc) is 2.82. The molecule has 1 aliphatic rings. The summed E-state index contributed by atoms with van der Waals surface area (Å²) in [5.74, 6) is -1.18. The molecule has 1 fully saturated rings. The molecule has 0 saturated carbocycles. The number of benzene rings is 2. The van der Waals surface area contributed by atoms with E-state index in [2.05, 4.69) is 4.74 Å². The summed E-state index contributed by atoms with van der Waals surface area (Å²) in [6.07, 6.45) is 0. The second kappa shape index (κ2) is 9.73. The number of nitro benzene ring substituents is 2. The molecule has 0 bridgehead atoms. The molecular weight excluding hydrogens is 424 g/mol. The summed E-state index contributed by atoms with van der Waals surface area (Å²) in [6, 6.07) is 9.80. The zero-order valence-corrected chi connectivity index (χ0v) is 17.1. The Balaban J connectivity index is 1.57. The molecule has 0 spiro atoms. The van der Waals surface area contributed by atoms with Crippen LogP contribution in [0.5, 0.6) is 5.75 Å². The second-order valence-electron chi connectivity index (χ2n) is 6.86. The van der Waals surface area contributed by atoms with Crippen LogP contribution < -0.4 is 9.64 Å². The van der Waals surface area contributed by atoms with E-state index in [9.17, 15) is 29.8 Å². The predicted molar refractivity (Wildman–Crippen MR) is 112 cm³/mol. The van der Waals surface area contributed by atoms with Crippen molar-refractivity contribution < 1.29 is 28.9 Å². The maximum Gasteiger partial charge on any atom is 0.338 e. The van der Waals surface area contributed by atoms with Crippen LogP contribution in [0, 0.1) is 20.2 Å². The molecule has 1 aliphatic heterocycles. The first-order valence-corrected chi connectivity index (χ1v) is 9.57. The van der Waals surface area contributed by atoms with E-state index in [0.717, 1.165) is 11.8 Å². The van der Waals surface area contributed by atoms with E-state index in [1.807, 2.05) is 4.90 Å². The molecule has 0 aliphatic carbocycles. The van der Waals surface area contributed by atoms with E-state index in [0.29, 0.717) is 26.2 Å². The van der Waals surface area contributed by atoms with E-state index < -0.39 is 28.1 Å². The van der Waals surface area contributed by atoms with E-state index in [4.69, 9.17) is 4.74 Å². The van der Waals surface area contributed by atoms with Crippen LogP contribution in [0.25, 0.3) is 0 Å². The van der Waals surface area contributed by atoms with Crippen molar-refractivity contribution >= 4 is 28.9 Å². The number of carbonyl (C=O) groups is 2. The zero-order chi connectivity index (χ0) is 23.3. The van der Waals surface area contributed by atoms with Crippen molar-refractivity contribution in [3.05, 3.63) is 68.3 Å². The predicted octanol–water partition coefficient (Wildman–Crippen LogP) is 2.02. The van der Waals surface area contributed by atoms with Crippen molar-refractivity contribution in [3.63, 3.8) is 0 Å². The molecule has 0 N–H and O–H groups in total. The molecule has 0 atom stereocenters. The molecule has 3 rings (SSSR count). The van der Waals surface area contributed by atoms with Gasteiger partial charge in [0.05, 0.1) is 22.5 Å². The number of methoxy groups -OCH3 is 1. The summed E-state index contributed by atoms with van der Waals surface area (Å²) in [5, 5.41) is 22.1. The van der Waals surface area contributed by atoms with Gasteiger partial charge in [-0.1, -0.05) is 0 Å². The van der Waals surface area contributed by atoms with Crippen molar-refractivity contribution in [3.8, 4) is 5.75 Å². The summed E-state index contributed by atoms with van der Waals surface area (Å²) in [6.45, 7) is 1.47. The normalized spacial score (nSPS) is 13.4. The molecule has 0 radical (unpaired) electrons. The average molecular weight is 444 g/mol. The highest BCUT2D eigenvalue weighted by Crippen LogP contribution is 2.28. The summed E-state index contributed by atoms with van der Waals surface area (Å²) in [4.78, 5) is 48.6. The first-order chi connectivity index (χ1) is 15.3. The number of ether oxygens (including phenoxy) is 2. The zero-order valence-electron chi connectivity index (χ0n) is 17.1. The van der Waals surface area contributed by atoms with Crippen LogP contribution in [-0.2, 0) is 9.53 Å². The maximum absolute atomic E-state index is 12.5. The van der Waals surface area contributed by atoms with E-state index in [1.165, 1.54) is 31.4 Å². The Morgan fingerprint density at radius 1 is 0.969 bits per heavy atom. The number of rotatable bonds is 7. The molecule has 1 amide bonds. The SMILES string of the molecule is COC(=O)c1ccc(OCC(=O)N2CCN(c3ccc([N+](=O)[O-])cc3)CC2)c([N+](=O)[O-])c1. The molecule has 0 aromatic heterocycles. The lowest BCUT2D eigenvalue weighted by Crippen LogP contribution is -2.50. The van der Waals surface area contributed by atoms with Gasteiger partial charge in [-0.15, -0.1) is 0 Å². The van der Waals surface area contributed by atoms with Crippen LogP contribution >= 0.6 is 0 Å². The number of carbonyl (C=O) groups excluding carboxylic acids is 2. The Morgan fingerprint density at radius 2 is 1.62 bits per heavy atom. The monoisotopic (exact) mass is 444 g/mol. The number of amides is 1. The number of hydrogen-bond acceptors (Lipinski definition) is 9. The van der Waals surface area contributed by atoms with Crippen molar-refractivity contribution in [2.45, 2.75) is 0 Å². The number of nitro groups is 2. The largest absolute Gasteiger partial charge is 0.477 e. The van der Waals surface area contributed by atoms with Crippen LogP contribution in [0.2, 0.25) is 0 Å². The Kier molecular flexibility index (Phi) is 6.83. The highest BCUT2D eigenvalue weighted by molar-refractivity contribution is 5.90. The Morgan fingerprint density at radius 3 is 2.19 bits per heavy atom. The molecular formula is C20H20N4O8. The third-order valence-corrected chi connectivity index (χ3v) is 4.99. The number of piperazine rings is 1. The molecule has 2 aromatic carbocycles. The standard InChI is InChI=1S/C20H20N4O8/c1-31-20(26)14-2-7-18(17(12-14)24(29)30)32-13-19(25)22-10-8-21(9-11-22)15-3-5-16(6-4-15)23(27)28/h2-7,12H,8-11,13H2,1H3. The third kappa shape index (κ3) is 5.09. The van der Waals surface area contributed by atoms with Crippen molar-refractivity contribution in [2.75, 3.05) is 44.8 Å². The molecule has 32 heavy (non-hydrogen) atoms. The lowest BCUT2D eigenvalue weighted by atomic mass is 10.2. The fraction of sp³-hybridized carbons (Fsp3) is 0.300. The third-order valence-electron chi connectivity index (χ3n) is 4.99. The topological polar surface area (TPSA) is 145 Å². The Bertz CT molecular complexity index is 1030. The van der Waals surface area contributed by atoms with Crippen LogP contribution in [0.15, 0.2) is 42.5 Å². The summed E-state index contributed by atoms with van der Waals surface area (Å²) in [7, 11) is 1.17. The minimum Gasteiger partial charge on any atom is -0.477 e. The van der Waals surface area contributed by atoms with Gasteiger partial charge < -0.3 is 19.3 Å². The first kappa shape index (κ1) is 22.5. The maximum atomic E-state index is 12.5. The number of esters is 1. The molecule has 2 aromatic rings. The number of nitrogens with zero attached hydrogens (tertiary/aromatic N) is 4. The van der Waals surface area contributed by atoms with Gasteiger partial charge in [0.15, 0.2) is 12.4 Å². The lowest BCUT2D eigenvalue weighted by molar-refractivity contribution is -0.385. The number of anilines is 1. The van der Waals surface area contributed by atoms with Crippen LogP contribution in [0.4, 0.5) is 17.1 Å². The number of non-ortho nitro benzene ring substituents is 1. The van der Waals surface area contributed by atoms with Gasteiger partial charge in [-0.2, -0.15) is 0 Å². The van der Waals surface area contributed by atoms with Gasteiger partial charge in [0.1, 0.15) is 0 Å².